The van der Waals surface area contributed by atoms with Crippen molar-refractivity contribution >= 4 is 11.9 Å². The van der Waals surface area contributed by atoms with Gasteiger partial charge in [0, 0.05) is 0 Å². The third-order valence-corrected chi connectivity index (χ3v) is 1.20. The molecule has 0 aromatic carbocycles. The van der Waals surface area contributed by atoms with Crippen LogP contribution in [0.25, 0.3) is 0 Å². The Bertz CT molecular complexity index is 169. The molecule has 0 rings (SSSR count). The molecule has 0 aliphatic heterocycles. The van der Waals surface area contributed by atoms with Gasteiger partial charge in [-0.3, -0.25) is 9.59 Å². The molecule has 0 bridgehead atoms. The first-order valence-corrected chi connectivity index (χ1v) is 3.60. The van der Waals surface area contributed by atoms with Crippen molar-refractivity contribution in [2.45, 2.75) is 19.4 Å². The fourth-order valence-corrected chi connectivity index (χ4v) is 0.596. The Kier molecular flexibility index (Phi) is 5.03. The van der Waals surface area contributed by atoms with Crippen LogP contribution in [0.15, 0.2) is 0 Å². The highest BCUT2D eigenvalue weighted by atomic mass is 16.5. The van der Waals surface area contributed by atoms with Crippen molar-refractivity contribution in [2.24, 2.45) is 5.73 Å². The van der Waals surface area contributed by atoms with E-state index in [2.05, 4.69) is 9.47 Å². The Morgan fingerprint density at radius 2 is 2.08 bits per heavy atom. The molecule has 0 heterocycles. The van der Waals surface area contributed by atoms with Crippen molar-refractivity contribution in [3.8, 4) is 0 Å². The number of nitrogens with two attached hydrogens (primary N) is 1. The lowest BCUT2D eigenvalue weighted by Gasteiger charge is -2.08. The normalized spacial score (nSPS) is 11.9. The molecule has 0 aliphatic rings. The summed E-state index contributed by atoms with van der Waals surface area (Å²) in [6.45, 7) is 1.93. The first kappa shape index (κ1) is 10.9. The van der Waals surface area contributed by atoms with Gasteiger partial charge in [0.25, 0.3) is 0 Å². The van der Waals surface area contributed by atoms with E-state index in [1.165, 1.54) is 7.11 Å². The lowest BCUT2D eigenvalue weighted by Crippen LogP contribution is -2.34. The van der Waals surface area contributed by atoms with Crippen LogP contribution < -0.4 is 5.73 Å². The highest BCUT2D eigenvalue weighted by Gasteiger charge is 2.18. The van der Waals surface area contributed by atoms with Gasteiger partial charge >= 0.3 is 11.9 Å². The van der Waals surface area contributed by atoms with Crippen molar-refractivity contribution in [1.29, 1.82) is 0 Å². The second kappa shape index (κ2) is 5.54. The molecular weight excluding hydrogens is 162 g/mol. The number of hydrogen-bond acceptors (Lipinski definition) is 5. The van der Waals surface area contributed by atoms with Crippen LogP contribution in [0, 0.1) is 0 Å². The van der Waals surface area contributed by atoms with Gasteiger partial charge in [-0.1, -0.05) is 0 Å². The minimum atomic E-state index is -0.919. The second-order valence-electron chi connectivity index (χ2n) is 2.14. The zero-order valence-corrected chi connectivity index (χ0v) is 7.20. The minimum absolute atomic E-state index is 0.144. The quantitative estimate of drug-likeness (QED) is 0.579. The van der Waals surface area contributed by atoms with Crippen LogP contribution in [0.1, 0.15) is 13.3 Å². The molecule has 0 amide bonds. The maximum Gasteiger partial charge on any atom is 0.323 e. The molecule has 0 aromatic heterocycles. The monoisotopic (exact) mass is 175 g/mol. The average Bonchev–Trinajstić information content (AvgIpc) is 2.04. The molecular formula is C7H13NO4. The lowest BCUT2D eigenvalue weighted by molar-refractivity contribution is -0.150. The fraction of sp³-hybridized carbons (Fsp3) is 0.714. The maximum atomic E-state index is 10.8. The number of carbonyl (C=O) groups excluding carboxylic acids is 2. The van der Waals surface area contributed by atoms with Crippen LogP contribution in [-0.2, 0) is 19.1 Å². The van der Waals surface area contributed by atoms with E-state index in [1.807, 2.05) is 0 Å². The second-order valence-corrected chi connectivity index (χ2v) is 2.14. The molecule has 5 nitrogen and oxygen atoms in total. The molecule has 0 aromatic rings. The standard InChI is InChI=1S/C7H13NO4/c1-3-12-7(10)5(8)4-6(9)11-2/h5H,3-4,8H2,1-2H3. The molecule has 0 fully saturated rings. The summed E-state index contributed by atoms with van der Waals surface area (Å²) < 4.78 is 8.90. The summed E-state index contributed by atoms with van der Waals surface area (Å²) >= 11 is 0. The predicted octanol–water partition coefficient (Wildman–Crippen LogP) is -0.560. The molecule has 2 N–H and O–H groups in total. The van der Waals surface area contributed by atoms with Gasteiger partial charge in [-0.05, 0) is 6.92 Å². The number of hydrogen-bond donors (Lipinski definition) is 1. The summed E-state index contributed by atoms with van der Waals surface area (Å²) in [5, 5.41) is 0. The summed E-state index contributed by atoms with van der Waals surface area (Å²) in [7, 11) is 1.24. The van der Waals surface area contributed by atoms with Crippen molar-refractivity contribution in [2.75, 3.05) is 13.7 Å². The highest BCUT2D eigenvalue weighted by Crippen LogP contribution is 1.93. The molecule has 5 heteroatoms. The summed E-state index contributed by atoms with van der Waals surface area (Å²) in [6, 6.07) is -0.919. The first-order valence-electron chi connectivity index (χ1n) is 3.60. The maximum absolute atomic E-state index is 10.8. The molecule has 12 heavy (non-hydrogen) atoms. The van der Waals surface area contributed by atoms with Crippen LogP contribution in [0.2, 0.25) is 0 Å². The van der Waals surface area contributed by atoms with Crippen LogP contribution in [-0.4, -0.2) is 31.7 Å². The van der Waals surface area contributed by atoms with E-state index in [0.29, 0.717) is 0 Å². The zero-order chi connectivity index (χ0) is 9.56. The Morgan fingerprint density at radius 3 is 2.50 bits per heavy atom. The number of esters is 2. The molecule has 0 radical (unpaired) electrons. The molecule has 1 unspecified atom stereocenters. The van der Waals surface area contributed by atoms with Gasteiger partial charge in [-0.15, -0.1) is 0 Å². The molecule has 1 atom stereocenters. The summed E-state index contributed by atoms with van der Waals surface area (Å²) in [4.78, 5) is 21.5. The Hall–Kier alpha value is -1.10. The minimum Gasteiger partial charge on any atom is -0.469 e. The van der Waals surface area contributed by atoms with Crippen molar-refractivity contribution in [3.63, 3.8) is 0 Å². The largest absolute Gasteiger partial charge is 0.469 e. The Balaban J connectivity index is 3.78. The number of ether oxygens (including phenoxy) is 2. The summed E-state index contributed by atoms with van der Waals surface area (Å²) in [5.41, 5.74) is 5.30. The van der Waals surface area contributed by atoms with E-state index in [-0.39, 0.29) is 13.0 Å². The fourth-order valence-electron chi connectivity index (χ4n) is 0.596. The van der Waals surface area contributed by atoms with Crippen molar-refractivity contribution in [3.05, 3.63) is 0 Å². The topological polar surface area (TPSA) is 78.6 Å². The third-order valence-electron chi connectivity index (χ3n) is 1.20. The van der Waals surface area contributed by atoms with Crippen LogP contribution >= 0.6 is 0 Å². The third kappa shape index (κ3) is 3.92. The van der Waals surface area contributed by atoms with E-state index in [0.717, 1.165) is 0 Å². The first-order chi connectivity index (χ1) is 5.61. The van der Waals surface area contributed by atoms with Crippen molar-refractivity contribution in [1.82, 2.24) is 0 Å². The van der Waals surface area contributed by atoms with Gasteiger partial charge in [0.1, 0.15) is 6.04 Å². The SMILES string of the molecule is CCOC(=O)C(N)CC(=O)OC. The molecule has 0 saturated heterocycles. The van der Waals surface area contributed by atoms with Gasteiger partial charge in [-0.2, -0.15) is 0 Å². The average molecular weight is 175 g/mol. The van der Waals surface area contributed by atoms with Crippen LogP contribution in [0.3, 0.4) is 0 Å². The molecule has 70 valence electrons. The van der Waals surface area contributed by atoms with E-state index in [9.17, 15) is 9.59 Å². The molecule has 0 spiro atoms. The Morgan fingerprint density at radius 1 is 1.50 bits per heavy atom. The number of rotatable bonds is 4. The zero-order valence-electron chi connectivity index (χ0n) is 7.20. The summed E-state index contributed by atoms with van der Waals surface area (Å²) in [6.07, 6.45) is -0.144. The van der Waals surface area contributed by atoms with Gasteiger partial charge in [0.05, 0.1) is 20.1 Å². The van der Waals surface area contributed by atoms with Crippen molar-refractivity contribution < 1.29 is 19.1 Å². The van der Waals surface area contributed by atoms with E-state index in [4.69, 9.17) is 5.73 Å². The smallest absolute Gasteiger partial charge is 0.323 e. The van der Waals surface area contributed by atoms with Gasteiger partial charge in [0.2, 0.25) is 0 Å². The number of carbonyl (C=O) groups is 2. The van der Waals surface area contributed by atoms with E-state index in [1.54, 1.807) is 6.92 Å². The predicted molar refractivity (Wildman–Crippen MR) is 41.2 cm³/mol. The van der Waals surface area contributed by atoms with Gasteiger partial charge < -0.3 is 15.2 Å². The van der Waals surface area contributed by atoms with E-state index < -0.39 is 18.0 Å². The van der Waals surface area contributed by atoms with Gasteiger partial charge in [0.15, 0.2) is 0 Å². The molecule has 0 saturated carbocycles. The molecule has 0 aliphatic carbocycles. The number of methoxy groups -OCH3 is 1. The lowest BCUT2D eigenvalue weighted by atomic mass is 10.2. The summed E-state index contributed by atoms with van der Waals surface area (Å²) in [5.74, 6) is -1.10. The van der Waals surface area contributed by atoms with Crippen LogP contribution in [0.5, 0.6) is 0 Å². The Labute approximate surface area is 70.8 Å². The van der Waals surface area contributed by atoms with Gasteiger partial charge in [-0.25, -0.2) is 0 Å². The van der Waals surface area contributed by atoms with E-state index >= 15 is 0 Å². The van der Waals surface area contributed by atoms with Crippen LogP contribution in [0.4, 0.5) is 0 Å². The highest BCUT2D eigenvalue weighted by molar-refractivity contribution is 5.82.